The lowest BCUT2D eigenvalue weighted by atomic mass is 10.0. The van der Waals surface area contributed by atoms with E-state index < -0.39 is 0 Å². The third-order valence-electron chi connectivity index (χ3n) is 5.64. The standard InChI is InChI=1S/C24H30N6O5S/c1-4-30(5-2)9-11-35-29-20(15-6-7-17-18(12-15)34-14-33-17)21-16-13-19(22(31)26-8-10-32-3)36-23(16)28-24(25)27-21/h6-7,12-13H,4-5,8-11,14H2,1-3H3,(H,26,31)(H2,25,27,28)/b29-20+. The van der Waals surface area contributed by atoms with Gasteiger partial charge in [0.05, 0.1) is 11.5 Å². The summed E-state index contributed by atoms with van der Waals surface area (Å²) >= 11 is 1.23. The zero-order valence-electron chi connectivity index (χ0n) is 20.6. The SMILES string of the molecule is CCN(CC)CCO/N=C(\c1ccc2c(c1)OCO2)c1nc(N)nc2sc(C(=O)NCCOC)cc12. The molecule has 0 unspecified atom stereocenters. The van der Waals surface area contributed by atoms with Crippen molar-refractivity contribution in [2.75, 3.05) is 59.0 Å². The number of likely N-dealkylation sites (N-methyl/N-ethyl adjacent to an activating group) is 1. The largest absolute Gasteiger partial charge is 0.454 e. The molecule has 12 heteroatoms. The quantitative estimate of drug-likeness (QED) is 0.212. The number of anilines is 1. The molecule has 0 saturated carbocycles. The van der Waals surface area contributed by atoms with Crippen molar-refractivity contribution in [3.05, 3.63) is 40.4 Å². The van der Waals surface area contributed by atoms with E-state index in [0.29, 0.717) is 63.3 Å². The summed E-state index contributed by atoms with van der Waals surface area (Å²) in [6.07, 6.45) is 0. The molecule has 3 N–H and O–H groups in total. The van der Waals surface area contributed by atoms with E-state index >= 15 is 0 Å². The summed E-state index contributed by atoms with van der Waals surface area (Å²) in [6, 6.07) is 7.24. The summed E-state index contributed by atoms with van der Waals surface area (Å²) in [4.78, 5) is 30.5. The molecule has 0 fully saturated rings. The van der Waals surface area contributed by atoms with Gasteiger partial charge in [-0.2, -0.15) is 0 Å². The summed E-state index contributed by atoms with van der Waals surface area (Å²) in [6.45, 7) is 8.15. The van der Waals surface area contributed by atoms with Crippen molar-refractivity contribution in [1.82, 2.24) is 20.2 Å². The maximum absolute atomic E-state index is 12.7. The van der Waals surface area contributed by atoms with Crippen molar-refractivity contribution in [3.63, 3.8) is 0 Å². The van der Waals surface area contributed by atoms with E-state index in [1.165, 1.54) is 11.3 Å². The Balaban J connectivity index is 1.72. The Labute approximate surface area is 213 Å². The number of hydrogen-bond donors (Lipinski definition) is 2. The van der Waals surface area contributed by atoms with Crippen molar-refractivity contribution in [2.45, 2.75) is 13.8 Å². The second kappa shape index (κ2) is 12.0. The first-order valence-electron chi connectivity index (χ1n) is 11.7. The third kappa shape index (κ3) is 5.83. The van der Waals surface area contributed by atoms with Gasteiger partial charge in [-0.3, -0.25) is 4.79 Å². The molecule has 36 heavy (non-hydrogen) atoms. The van der Waals surface area contributed by atoms with Gasteiger partial charge in [0.1, 0.15) is 22.8 Å². The van der Waals surface area contributed by atoms with E-state index in [1.54, 1.807) is 13.2 Å². The Bertz CT molecular complexity index is 1240. The van der Waals surface area contributed by atoms with Gasteiger partial charge in [-0.25, -0.2) is 9.97 Å². The van der Waals surface area contributed by atoms with Gasteiger partial charge in [-0.1, -0.05) is 19.0 Å². The molecule has 11 nitrogen and oxygen atoms in total. The van der Waals surface area contributed by atoms with Crippen LogP contribution in [0.3, 0.4) is 0 Å². The van der Waals surface area contributed by atoms with Crippen LogP contribution in [0.5, 0.6) is 11.5 Å². The fourth-order valence-electron chi connectivity index (χ4n) is 3.68. The summed E-state index contributed by atoms with van der Waals surface area (Å²) in [5.74, 6) is 1.10. The van der Waals surface area contributed by atoms with Gasteiger partial charge >= 0.3 is 0 Å². The molecule has 3 aromatic rings. The van der Waals surface area contributed by atoms with Gasteiger partial charge in [-0.15, -0.1) is 11.3 Å². The van der Waals surface area contributed by atoms with E-state index in [1.807, 2.05) is 18.2 Å². The molecule has 0 saturated heterocycles. The molecule has 0 aliphatic carbocycles. The average molecular weight is 515 g/mol. The number of hydrogen-bond acceptors (Lipinski definition) is 11. The molecular formula is C24H30N6O5S. The molecule has 0 atom stereocenters. The van der Waals surface area contributed by atoms with Gasteiger partial charge in [0.25, 0.3) is 5.91 Å². The van der Waals surface area contributed by atoms with Crippen LogP contribution < -0.4 is 20.5 Å². The zero-order valence-corrected chi connectivity index (χ0v) is 21.4. The highest BCUT2D eigenvalue weighted by atomic mass is 32.1. The molecule has 1 amide bonds. The highest BCUT2D eigenvalue weighted by Crippen LogP contribution is 2.34. The molecule has 192 valence electrons. The summed E-state index contributed by atoms with van der Waals surface area (Å²) < 4.78 is 16.0. The highest BCUT2D eigenvalue weighted by molar-refractivity contribution is 7.20. The van der Waals surface area contributed by atoms with Gasteiger partial charge < -0.3 is 35.0 Å². The van der Waals surface area contributed by atoms with Crippen molar-refractivity contribution < 1.29 is 23.8 Å². The lowest BCUT2D eigenvalue weighted by Gasteiger charge is -2.16. The molecule has 2 aromatic heterocycles. The number of ether oxygens (including phenoxy) is 3. The van der Waals surface area contributed by atoms with Crippen LogP contribution in [0.15, 0.2) is 29.4 Å². The molecule has 1 aromatic carbocycles. The number of nitrogen functional groups attached to an aromatic ring is 1. The number of nitrogens with two attached hydrogens (primary N) is 1. The number of nitrogens with one attached hydrogen (secondary N) is 1. The van der Waals surface area contributed by atoms with Gasteiger partial charge in [-0.05, 0) is 37.4 Å². The molecule has 3 heterocycles. The van der Waals surface area contributed by atoms with Gasteiger partial charge in [0, 0.05) is 31.1 Å². The number of methoxy groups -OCH3 is 1. The highest BCUT2D eigenvalue weighted by Gasteiger charge is 2.22. The van der Waals surface area contributed by atoms with Gasteiger partial charge in [0.15, 0.2) is 11.5 Å². The lowest BCUT2D eigenvalue weighted by Crippen LogP contribution is -2.26. The number of fused-ring (bicyclic) bond motifs is 2. The van der Waals surface area contributed by atoms with E-state index in [-0.39, 0.29) is 18.6 Å². The Kier molecular flexibility index (Phi) is 8.52. The van der Waals surface area contributed by atoms with Crippen LogP contribution in [0, 0.1) is 0 Å². The molecular weight excluding hydrogens is 484 g/mol. The van der Waals surface area contributed by atoms with Crippen molar-refractivity contribution in [3.8, 4) is 11.5 Å². The number of nitrogens with zero attached hydrogens (tertiary/aromatic N) is 4. The monoisotopic (exact) mass is 514 g/mol. The van der Waals surface area contributed by atoms with Crippen LogP contribution >= 0.6 is 11.3 Å². The van der Waals surface area contributed by atoms with Crippen LogP contribution in [-0.2, 0) is 9.57 Å². The molecule has 4 rings (SSSR count). The first-order chi connectivity index (χ1) is 17.5. The number of thiophene rings is 1. The minimum Gasteiger partial charge on any atom is -0.454 e. The summed E-state index contributed by atoms with van der Waals surface area (Å²) in [7, 11) is 1.58. The maximum atomic E-state index is 12.7. The van der Waals surface area contributed by atoms with E-state index in [2.05, 4.69) is 39.2 Å². The number of rotatable bonds is 12. The van der Waals surface area contributed by atoms with Crippen LogP contribution in [0.2, 0.25) is 0 Å². The topological polar surface area (TPSA) is 133 Å². The van der Waals surface area contributed by atoms with E-state index in [9.17, 15) is 4.79 Å². The number of carbonyl (C=O) groups excluding carboxylic acids is 1. The number of benzene rings is 1. The average Bonchev–Trinajstić information content (AvgIpc) is 3.53. The number of amides is 1. The van der Waals surface area contributed by atoms with Crippen LogP contribution in [0.25, 0.3) is 10.2 Å². The Morgan fingerprint density at radius 3 is 2.78 bits per heavy atom. The van der Waals surface area contributed by atoms with Gasteiger partial charge in [0.2, 0.25) is 12.7 Å². The summed E-state index contributed by atoms with van der Waals surface area (Å²) in [5, 5.41) is 7.94. The third-order valence-corrected chi connectivity index (χ3v) is 6.67. The van der Waals surface area contributed by atoms with Crippen LogP contribution in [-0.4, -0.2) is 79.8 Å². The minimum atomic E-state index is -0.225. The van der Waals surface area contributed by atoms with Crippen molar-refractivity contribution in [2.24, 2.45) is 5.16 Å². The molecule has 0 spiro atoms. The maximum Gasteiger partial charge on any atom is 0.261 e. The van der Waals surface area contributed by atoms with Crippen LogP contribution in [0.4, 0.5) is 5.95 Å². The fourth-order valence-corrected chi connectivity index (χ4v) is 4.64. The molecule has 0 bridgehead atoms. The fraction of sp³-hybridized carbons (Fsp3) is 0.417. The Morgan fingerprint density at radius 1 is 1.19 bits per heavy atom. The Morgan fingerprint density at radius 2 is 2.00 bits per heavy atom. The zero-order chi connectivity index (χ0) is 25.5. The Hall–Kier alpha value is -3.48. The van der Waals surface area contributed by atoms with E-state index in [0.717, 1.165) is 19.6 Å². The molecule has 1 aliphatic rings. The first kappa shape index (κ1) is 25.6. The molecule has 0 radical (unpaired) electrons. The summed E-state index contributed by atoms with van der Waals surface area (Å²) in [5.41, 5.74) is 7.69. The second-order valence-electron chi connectivity index (χ2n) is 7.88. The first-order valence-corrected chi connectivity index (χ1v) is 12.5. The predicted octanol–water partition coefficient (Wildman–Crippen LogP) is 2.49. The number of aromatic nitrogens is 2. The predicted molar refractivity (Wildman–Crippen MR) is 138 cm³/mol. The molecule has 1 aliphatic heterocycles. The lowest BCUT2D eigenvalue weighted by molar-refractivity contribution is 0.0941. The number of oxime groups is 1. The second-order valence-corrected chi connectivity index (χ2v) is 8.91. The number of carbonyl (C=O) groups is 1. The van der Waals surface area contributed by atoms with Crippen molar-refractivity contribution >= 4 is 39.1 Å². The smallest absolute Gasteiger partial charge is 0.261 e. The van der Waals surface area contributed by atoms with Crippen molar-refractivity contribution in [1.29, 1.82) is 0 Å². The van der Waals surface area contributed by atoms with Crippen LogP contribution in [0.1, 0.15) is 34.8 Å². The minimum absolute atomic E-state index is 0.0716. The van der Waals surface area contributed by atoms with E-state index in [4.69, 9.17) is 24.8 Å². The normalized spacial score (nSPS) is 12.9.